The van der Waals surface area contributed by atoms with Crippen LogP contribution in [0.3, 0.4) is 0 Å². The van der Waals surface area contributed by atoms with E-state index >= 15 is 0 Å². The van der Waals surface area contributed by atoms with Gasteiger partial charge in [0.1, 0.15) is 23.6 Å². The summed E-state index contributed by atoms with van der Waals surface area (Å²) in [5, 5.41) is 21.4. The van der Waals surface area contributed by atoms with Crippen LogP contribution in [0.2, 0.25) is 0 Å². The molecule has 0 saturated heterocycles. The lowest BCUT2D eigenvalue weighted by Crippen LogP contribution is -2.38. The zero-order valence-electron chi connectivity index (χ0n) is 15.2. The van der Waals surface area contributed by atoms with E-state index in [0.717, 1.165) is 5.56 Å². The number of benzene rings is 1. The Hall–Kier alpha value is -3.33. The molecule has 1 aromatic carbocycles. The Morgan fingerprint density at radius 2 is 2.00 bits per heavy atom. The van der Waals surface area contributed by atoms with Crippen LogP contribution in [-0.2, 0) is 29.1 Å². The molecule has 3 rings (SSSR count). The van der Waals surface area contributed by atoms with Gasteiger partial charge in [0.25, 0.3) is 11.5 Å². The summed E-state index contributed by atoms with van der Waals surface area (Å²) in [6, 6.07) is 7.12. The topological polar surface area (TPSA) is 127 Å². The highest BCUT2D eigenvalue weighted by atomic mass is 16.5. The molecule has 9 nitrogen and oxygen atoms in total. The van der Waals surface area contributed by atoms with Crippen molar-refractivity contribution in [2.45, 2.75) is 19.6 Å². The molecule has 1 aliphatic heterocycles. The molecule has 3 N–H and O–H groups in total. The number of amides is 1. The monoisotopic (exact) mass is 388 g/mol. The standard InChI is InChI=1S/C19H20N2O7/c1-27-12-4-2-11(3-5-12)9-21-14-6-7-28-10-13(14)17(24)16(19(21)26)18(25)20-8-15(22)23/h2-5,24H,6-10H2,1H3,(H,20,25)(H,22,23). The fourth-order valence-corrected chi connectivity index (χ4v) is 3.12. The van der Waals surface area contributed by atoms with Crippen molar-refractivity contribution in [3.05, 3.63) is 57.0 Å². The number of fused-ring (bicyclic) bond motifs is 1. The van der Waals surface area contributed by atoms with Gasteiger partial charge >= 0.3 is 5.97 Å². The third kappa shape index (κ3) is 3.84. The average molecular weight is 388 g/mol. The molecular formula is C19H20N2O7. The molecule has 0 spiro atoms. The first-order valence-electron chi connectivity index (χ1n) is 8.60. The van der Waals surface area contributed by atoms with Crippen LogP contribution in [0.4, 0.5) is 0 Å². The molecule has 0 bridgehead atoms. The summed E-state index contributed by atoms with van der Waals surface area (Å²) in [7, 11) is 1.55. The van der Waals surface area contributed by atoms with Crippen LogP contribution in [0, 0.1) is 0 Å². The van der Waals surface area contributed by atoms with Crippen molar-refractivity contribution in [3.8, 4) is 11.5 Å². The van der Waals surface area contributed by atoms with Crippen molar-refractivity contribution < 1.29 is 29.3 Å². The fourth-order valence-electron chi connectivity index (χ4n) is 3.12. The number of carbonyl (C=O) groups excluding carboxylic acids is 1. The second-order valence-corrected chi connectivity index (χ2v) is 6.27. The van der Waals surface area contributed by atoms with E-state index in [-0.39, 0.29) is 13.2 Å². The van der Waals surface area contributed by atoms with Gasteiger partial charge < -0.3 is 29.6 Å². The van der Waals surface area contributed by atoms with E-state index in [1.54, 1.807) is 31.4 Å². The predicted octanol–water partition coefficient (Wildman–Crippen LogP) is 0.498. The number of nitrogens with one attached hydrogen (secondary N) is 1. The van der Waals surface area contributed by atoms with Crippen molar-refractivity contribution in [2.75, 3.05) is 20.3 Å². The number of nitrogens with zero attached hydrogens (tertiary/aromatic N) is 1. The van der Waals surface area contributed by atoms with E-state index < -0.39 is 35.3 Å². The molecule has 0 saturated carbocycles. The first kappa shape index (κ1) is 19.4. The zero-order valence-corrected chi connectivity index (χ0v) is 15.2. The number of methoxy groups -OCH3 is 1. The first-order valence-corrected chi connectivity index (χ1v) is 8.60. The molecule has 0 aliphatic carbocycles. The Labute approximate surface area is 160 Å². The second kappa shape index (κ2) is 8.13. The van der Waals surface area contributed by atoms with Crippen LogP contribution in [0.15, 0.2) is 29.1 Å². The summed E-state index contributed by atoms with van der Waals surface area (Å²) in [4.78, 5) is 36.1. The zero-order chi connectivity index (χ0) is 20.3. The lowest BCUT2D eigenvalue weighted by molar-refractivity contribution is -0.135. The van der Waals surface area contributed by atoms with Gasteiger partial charge in [-0.05, 0) is 17.7 Å². The van der Waals surface area contributed by atoms with Gasteiger partial charge in [-0.2, -0.15) is 0 Å². The molecule has 0 fully saturated rings. The Bertz CT molecular complexity index is 964. The number of hydrogen-bond acceptors (Lipinski definition) is 6. The van der Waals surface area contributed by atoms with Crippen molar-refractivity contribution in [1.29, 1.82) is 0 Å². The Morgan fingerprint density at radius 3 is 2.64 bits per heavy atom. The minimum atomic E-state index is -1.26. The molecule has 148 valence electrons. The molecule has 2 aromatic rings. The normalized spacial score (nSPS) is 12.9. The van der Waals surface area contributed by atoms with Crippen molar-refractivity contribution in [1.82, 2.24) is 9.88 Å². The number of carboxylic acid groups (broad SMARTS) is 1. The molecule has 0 atom stereocenters. The maximum Gasteiger partial charge on any atom is 0.322 e. The van der Waals surface area contributed by atoms with E-state index in [1.165, 1.54) is 4.57 Å². The van der Waals surface area contributed by atoms with Crippen molar-refractivity contribution in [2.24, 2.45) is 0 Å². The van der Waals surface area contributed by atoms with E-state index in [9.17, 15) is 19.5 Å². The first-order chi connectivity index (χ1) is 13.4. The molecule has 2 heterocycles. The number of pyridine rings is 1. The van der Waals surface area contributed by atoms with Crippen LogP contribution in [0.25, 0.3) is 0 Å². The molecule has 28 heavy (non-hydrogen) atoms. The summed E-state index contributed by atoms with van der Waals surface area (Å²) in [6.07, 6.45) is 0.408. The van der Waals surface area contributed by atoms with Gasteiger partial charge in [-0.15, -0.1) is 0 Å². The van der Waals surface area contributed by atoms with Crippen LogP contribution < -0.4 is 15.6 Å². The third-order valence-electron chi connectivity index (χ3n) is 4.51. The molecule has 1 amide bonds. The average Bonchev–Trinajstić information content (AvgIpc) is 2.70. The number of hydrogen-bond donors (Lipinski definition) is 3. The molecular weight excluding hydrogens is 368 g/mol. The minimum absolute atomic E-state index is 0.0588. The quantitative estimate of drug-likeness (QED) is 0.657. The van der Waals surface area contributed by atoms with E-state index in [0.29, 0.717) is 30.0 Å². The number of aromatic nitrogens is 1. The number of aliphatic carboxylic acids is 1. The predicted molar refractivity (Wildman–Crippen MR) is 97.8 cm³/mol. The maximum atomic E-state index is 13.0. The lowest BCUT2D eigenvalue weighted by atomic mass is 10.0. The number of rotatable bonds is 6. The molecule has 0 unspecified atom stereocenters. The second-order valence-electron chi connectivity index (χ2n) is 6.27. The van der Waals surface area contributed by atoms with Crippen molar-refractivity contribution >= 4 is 11.9 Å². The molecule has 1 aliphatic rings. The summed E-state index contributed by atoms with van der Waals surface area (Å²) < 4.78 is 11.9. The van der Waals surface area contributed by atoms with Crippen LogP contribution >= 0.6 is 0 Å². The van der Waals surface area contributed by atoms with E-state index in [1.807, 2.05) is 0 Å². The Kier molecular flexibility index (Phi) is 5.65. The number of carboxylic acids is 1. The molecule has 1 aromatic heterocycles. The van der Waals surface area contributed by atoms with Gasteiger partial charge in [0, 0.05) is 17.7 Å². The summed E-state index contributed by atoms with van der Waals surface area (Å²) in [6.45, 7) is -0.0310. The van der Waals surface area contributed by atoms with Gasteiger partial charge in [0.05, 0.1) is 26.9 Å². The molecule has 9 heteroatoms. The van der Waals surface area contributed by atoms with E-state index in [2.05, 4.69) is 5.32 Å². The summed E-state index contributed by atoms with van der Waals surface area (Å²) in [5.74, 6) is -1.99. The van der Waals surface area contributed by atoms with Gasteiger partial charge in [-0.25, -0.2) is 0 Å². The Morgan fingerprint density at radius 1 is 1.29 bits per heavy atom. The lowest BCUT2D eigenvalue weighted by Gasteiger charge is -2.24. The van der Waals surface area contributed by atoms with E-state index in [4.69, 9.17) is 14.6 Å². The third-order valence-corrected chi connectivity index (χ3v) is 4.51. The van der Waals surface area contributed by atoms with Crippen molar-refractivity contribution in [3.63, 3.8) is 0 Å². The SMILES string of the molecule is COc1ccc(Cn2c3c(c(O)c(C(=O)NCC(=O)O)c2=O)COCC3)cc1. The Balaban J connectivity index is 2.06. The largest absolute Gasteiger partial charge is 0.506 e. The highest BCUT2D eigenvalue weighted by molar-refractivity contribution is 5.98. The fraction of sp³-hybridized carbons (Fsp3) is 0.316. The van der Waals surface area contributed by atoms with Gasteiger partial charge in [-0.1, -0.05) is 12.1 Å². The van der Waals surface area contributed by atoms with Gasteiger partial charge in [0.15, 0.2) is 0 Å². The highest BCUT2D eigenvalue weighted by Gasteiger charge is 2.27. The molecule has 0 radical (unpaired) electrons. The van der Waals surface area contributed by atoms with Gasteiger partial charge in [-0.3, -0.25) is 14.4 Å². The number of aromatic hydroxyl groups is 1. The highest BCUT2D eigenvalue weighted by Crippen LogP contribution is 2.28. The maximum absolute atomic E-state index is 13.0. The summed E-state index contributed by atoms with van der Waals surface area (Å²) >= 11 is 0. The van der Waals surface area contributed by atoms with Crippen LogP contribution in [-0.4, -0.2) is 46.9 Å². The minimum Gasteiger partial charge on any atom is -0.506 e. The van der Waals surface area contributed by atoms with Crippen LogP contribution in [0.5, 0.6) is 11.5 Å². The van der Waals surface area contributed by atoms with Gasteiger partial charge in [0.2, 0.25) is 0 Å². The smallest absolute Gasteiger partial charge is 0.322 e. The number of ether oxygens (including phenoxy) is 2. The van der Waals surface area contributed by atoms with Crippen LogP contribution in [0.1, 0.15) is 27.2 Å². The number of carbonyl (C=O) groups is 2. The summed E-state index contributed by atoms with van der Waals surface area (Å²) in [5.41, 5.74) is 0.592.